The SMILES string of the molecule is CCNCC(Cc1ccc(F)cc1C)C1CCS(=O)(=O)C1. The van der Waals surface area contributed by atoms with Gasteiger partial charge in [0.1, 0.15) is 5.82 Å². The van der Waals surface area contributed by atoms with Crippen LogP contribution in [0.3, 0.4) is 0 Å². The van der Waals surface area contributed by atoms with Crippen LogP contribution < -0.4 is 5.32 Å². The largest absolute Gasteiger partial charge is 0.317 e. The minimum Gasteiger partial charge on any atom is -0.317 e. The fourth-order valence-corrected chi connectivity index (χ4v) is 5.02. The summed E-state index contributed by atoms with van der Waals surface area (Å²) < 4.78 is 36.6. The van der Waals surface area contributed by atoms with Crippen molar-refractivity contribution in [2.75, 3.05) is 24.6 Å². The van der Waals surface area contributed by atoms with Crippen LogP contribution >= 0.6 is 0 Å². The Labute approximate surface area is 126 Å². The molecule has 2 unspecified atom stereocenters. The van der Waals surface area contributed by atoms with E-state index in [1.54, 1.807) is 6.07 Å². The molecule has 1 N–H and O–H groups in total. The third-order valence-electron chi connectivity index (χ3n) is 4.38. The molecule has 0 saturated carbocycles. The fraction of sp³-hybridized carbons (Fsp3) is 0.625. The molecule has 1 heterocycles. The van der Waals surface area contributed by atoms with Gasteiger partial charge in [-0.1, -0.05) is 13.0 Å². The van der Waals surface area contributed by atoms with E-state index in [9.17, 15) is 12.8 Å². The molecule has 0 bridgehead atoms. The smallest absolute Gasteiger partial charge is 0.150 e. The van der Waals surface area contributed by atoms with Crippen molar-refractivity contribution in [2.24, 2.45) is 11.8 Å². The summed E-state index contributed by atoms with van der Waals surface area (Å²) in [5.41, 5.74) is 2.06. The van der Waals surface area contributed by atoms with Gasteiger partial charge >= 0.3 is 0 Å². The summed E-state index contributed by atoms with van der Waals surface area (Å²) in [5.74, 6) is 0.874. The first-order valence-electron chi connectivity index (χ1n) is 7.57. The topological polar surface area (TPSA) is 46.2 Å². The van der Waals surface area contributed by atoms with Crippen LogP contribution in [-0.4, -0.2) is 33.0 Å². The van der Waals surface area contributed by atoms with E-state index in [4.69, 9.17) is 0 Å². The summed E-state index contributed by atoms with van der Waals surface area (Å²) in [6, 6.07) is 4.86. The van der Waals surface area contributed by atoms with E-state index in [1.807, 2.05) is 19.9 Å². The lowest BCUT2D eigenvalue weighted by Crippen LogP contribution is -2.30. The number of hydrogen-bond donors (Lipinski definition) is 1. The molecule has 2 rings (SSSR count). The fourth-order valence-electron chi connectivity index (χ4n) is 3.10. The molecular weight excluding hydrogens is 289 g/mol. The van der Waals surface area contributed by atoms with Crippen LogP contribution in [0.5, 0.6) is 0 Å². The van der Waals surface area contributed by atoms with E-state index in [1.165, 1.54) is 6.07 Å². The molecule has 0 radical (unpaired) electrons. The molecule has 0 aromatic heterocycles. The molecule has 118 valence electrons. The number of hydrogen-bond acceptors (Lipinski definition) is 3. The quantitative estimate of drug-likeness (QED) is 0.877. The summed E-state index contributed by atoms with van der Waals surface area (Å²) in [5, 5.41) is 3.33. The highest BCUT2D eigenvalue weighted by molar-refractivity contribution is 7.91. The first kappa shape index (κ1) is 16.4. The van der Waals surface area contributed by atoms with Gasteiger partial charge in [0.2, 0.25) is 0 Å². The van der Waals surface area contributed by atoms with Crippen LogP contribution in [0.1, 0.15) is 24.5 Å². The third kappa shape index (κ3) is 4.51. The maximum Gasteiger partial charge on any atom is 0.150 e. The lowest BCUT2D eigenvalue weighted by atomic mass is 9.85. The molecule has 21 heavy (non-hydrogen) atoms. The van der Waals surface area contributed by atoms with Gasteiger partial charge in [0.05, 0.1) is 11.5 Å². The van der Waals surface area contributed by atoms with Gasteiger partial charge in [0.25, 0.3) is 0 Å². The van der Waals surface area contributed by atoms with Crippen molar-refractivity contribution in [3.63, 3.8) is 0 Å². The zero-order valence-electron chi connectivity index (χ0n) is 12.7. The molecule has 1 aromatic rings. The Balaban J connectivity index is 2.12. The second-order valence-electron chi connectivity index (χ2n) is 6.01. The normalized spacial score (nSPS) is 22.3. The van der Waals surface area contributed by atoms with Crippen LogP contribution in [0.2, 0.25) is 0 Å². The van der Waals surface area contributed by atoms with Gasteiger partial charge in [-0.3, -0.25) is 0 Å². The average molecular weight is 313 g/mol. The van der Waals surface area contributed by atoms with Gasteiger partial charge in [-0.15, -0.1) is 0 Å². The number of sulfone groups is 1. The second-order valence-corrected chi connectivity index (χ2v) is 8.23. The molecule has 0 amide bonds. The summed E-state index contributed by atoms with van der Waals surface area (Å²) >= 11 is 0. The predicted molar refractivity (Wildman–Crippen MR) is 83.6 cm³/mol. The molecule has 0 aliphatic carbocycles. The number of nitrogens with one attached hydrogen (secondary N) is 1. The summed E-state index contributed by atoms with van der Waals surface area (Å²) in [7, 11) is -2.86. The molecule has 1 fully saturated rings. The zero-order chi connectivity index (χ0) is 15.5. The number of aryl methyl sites for hydroxylation is 1. The third-order valence-corrected chi connectivity index (χ3v) is 6.17. The Morgan fingerprint density at radius 1 is 1.43 bits per heavy atom. The van der Waals surface area contributed by atoms with Crippen molar-refractivity contribution in [1.29, 1.82) is 0 Å². The Morgan fingerprint density at radius 3 is 2.76 bits per heavy atom. The van der Waals surface area contributed by atoms with Crippen molar-refractivity contribution in [3.8, 4) is 0 Å². The van der Waals surface area contributed by atoms with Crippen LogP contribution in [0.15, 0.2) is 18.2 Å². The molecule has 3 nitrogen and oxygen atoms in total. The molecule has 2 atom stereocenters. The first-order chi connectivity index (χ1) is 9.91. The van der Waals surface area contributed by atoms with Crippen LogP contribution in [-0.2, 0) is 16.3 Å². The van der Waals surface area contributed by atoms with Gasteiger partial charge < -0.3 is 5.32 Å². The lowest BCUT2D eigenvalue weighted by Gasteiger charge is -2.24. The van der Waals surface area contributed by atoms with Crippen molar-refractivity contribution in [3.05, 3.63) is 35.1 Å². The van der Waals surface area contributed by atoms with Gasteiger partial charge in [-0.05, 0) is 68.0 Å². The van der Waals surface area contributed by atoms with E-state index >= 15 is 0 Å². The van der Waals surface area contributed by atoms with Crippen molar-refractivity contribution >= 4 is 9.84 Å². The van der Waals surface area contributed by atoms with E-state index in [2.05, 4.69) is 5.32 Å². The highest BCUT2D eigenvalue weighted by atomic mass is 32.2. The predicted octanol–water partition coefficient (Wildman–Crippen LogP) is 2.34. The molecule has 1 aliphatic heterocycles. The van der Waals surface area contributed by atoms with Gasteiger partial charge in [0, 0.05) is 0 Å². The first-order valence-corrected chi connectivity index (χ1v) is 9.39. The molecule has 5 heteroatoms. The highest BCUT2D eigenvalue weighted by Gasteiger charge is 2.33. The molecule has 1 aromatic carbocycles. The lowest BCUT2D eigenvalue weighted by molar-refractivity contribution is 0.345. The molecule has 1 saturated heterocycles. The molecular formula is C16H24FNO2S. The summed E-state index contributed by atoms with van der Waals surface area (Å²) in [4.78, 5) is 0. The monoisotopic (exact) mass is 313 g/mol. The van der Waals surface area contributed by atoms with E-state index < -0.39 is 9.84 Å². The average Bonchev–Trinajstić information content (AvgIpc) is 2.77. The van der Waals surface area contributed by atoms with Crippen LogP contribution in [0.25, 0.3) is 0 Å². The van der Waals surface area contributed by atoms with E-state index in [0.29, 0.717) is 11.5 Å². The number of halogens is 1. The van der Waals surface area contributed by atoms with Crippen LogP contribution in [0.4, 0.5) is 4.39 Å². The maximum absolute atomic E-state index is 13.2. The standard InChI is InChI=1S/C16H24FNO2S/c1-3-18-10-15(14-6-7-21(19,20)11-14)9-13-4-5-16(17)8-12(13)2/h4-5,8,14-15,18H,3,6-7,9-11H2,1-2H3. The minimum absolute atomic E-state index is 0.207. The van der Waals surface area contributed by atoms with Crippen LogP contribution in [0, 0.1) is 24.6 Å². The molecule has 0 spiro atoms. The minimum atomic E-state index is -2.86. The van der Waals surface area contributed by atoms with Crippen molar-refractivity contribution in [1.82, 2.24) is 5.32 Å². The zero-order valence-corrected chi connectivity index (χ0v) is 13.5. The number of benzene rings is 1. The summed E-state index contributed by atoms with van der Waals surface area (Å²) in [6.07, 6.45) is 1.55. The van der Waals surface area contributed by atoms with Gasteiger partial charge in [-0.2, -0.15) is 0 Å². The van der Waals surface area contributed by atoms with Crippen molar-refractivity contribution < 1.29 is 12.8 Å². The van der Waals surface area contributed by atoms with Gasteiger partial charge in [-0.25, -0.2) is 12.8 Å². The van der Waals surface area contributed by atoms with Gasteiger partial charge in [0.15, 0.2) is 9.84 Å². The maximum atomic E-state index is 13.2. The second kappa shape index (κ2) is 6.88. The van der Waals surface area contributed by atoms with Crippen molar-refractivity contribution in [2.45, 2.75) is 26.7 Å². The van der Waals surface area contributed by atoms with E-state index in [-0.39, 0.29) is 17.7 Å². The Morgan fingerprint density at radius 2 is 2.19 bits per heavy atom. The number of rotatable bonds is 6. The Hall–Kier alpha value is -0.940. The Kier molecular flexibility index (Phi) is 5.38. The molecule has 1 aliphatic rings. The van der Waals surface area contributed by atoms with E-state index in [0.717, 1.165) is 37.1 Å². The highest BCUT2D eigenvalue weighted by Crippen LogP contribution is 2.29. The Bertz CT molecular complexity index is 586. The summed E-state index contributed by atoms with van der Waals surface area (Å²) in [6.45, 7) is 5.64.